The Hall–Kier alpha value is -1.10. The summed E-state index contributed by atoms with van der Waals surface area (Å²) in [4.78, 5) is 21.2. The molecule has 0 aromatic heterocycles. The van der Waals surface area contributed by atoms with Crippen LogP contribution in [0.3, 0.4) is 0 Å². The van der Waals surface area contributed by atoms with Crippen molar-refractivity contribution in [3.05, 3.63) is 0 Å². The molecule has 1 atom stereocenters. The minimum atomic E-state index is 0.100. The molecule has 0 radical (unpaired) electrons. The Labute approximate surface area is 135 Å². The molecule has 0 aromatic rings. The number of rotatable bonds is 10. The quantitative estimate of drug-likeness (QED) is 0.427. The average molecular weight is 311 g/mol. The summed E-state index contributed by atoms with van der Waals surface area (Å²) in [5.41, 5.74) is 0.201. The Morgan fingerprint density at radius 2 is 1.68 bits per heavy atom. The molecule has 1 unspecified atom stereocenters. The number of unbranched alkanes of at least 4 members (excludes halogenated alkanes) is 2. The maximum atomic E-state index is 11.0. The summed E-state index contributed by atoms with van der Waals surface area (Å²) in [6.07, 6.45) is 7.92. The number of hydrogen-bond donors (Lipinski definition) is 3. The van der Waals surface area contributed by atoms with E-state index in [-0.39, 0.29) is 17.1 Å². The Balaban J connectivity index is 2.50. The van der Waals surface area contributed by atoms with Crippen LogP contribution in [0.2, 0.25) is 0 Å². The molecule has 0 bridgehead atoms. The molecule has 0 saturated carbocycles. The molecule has 1 heterocycles. The number of amides is 2. The average Bonchev–Trinajstić information content (AvgIpc) is 2.38. The fraction of sp³-hybridized carbons (Fsp3) is 0.882. The van der Waals surface area contributed by atoms with Gasteiger partial charge in [-0.25, -0.2) is 0 Å². The molecule has 128 valence electrons. The van der Waals surface area contributed by atoms with Crippen molar-refractivity contribution in [2.24, 2.45) is 5.92 Å². The Morgan fingerprint density at radius 3 is 2.23 bits per heavy atom. The van der Waals surface area contributed by atoms with E-state index in [1.807, 2.05) is 0 Å². The molecule has 0 aliphatic carbocycles. The zero-order valence-electron chi connectivity index (χ0n) is 14.6. The fourth-order valence-electron chi connectivity index (χ4n) is 4.06. The van der Waals surface area contributed by atoms with Crippen molar-refractivity contribution in [1.82, 2.24) is 16.0 Å². The highest BCUT2D eigenvalue weighted by Crippen LogP contribution is 2.35. The predicted octanol–water partition coefficient (Wildman–Crippen LogP) is 1.96. The van der Waals surface area contributed by atoms with Gasteiger partial charge in [-0.15, -0.1) is 0 Å². The lowest BCUT2D eigenvalue weighted by Crippen LogP contribution is -2.60. The van der Waals surface area contributed by atoms with Gasteiger partial charge in [0, 0.05) is 23.7 Å². The van der Waals surface area contributed by atoms with Gasteiger partial charge in [-0.05, 0) is 59.3 Å². The minimum Gasteiger partial charge on any atom is -0.359 e. The first-order chi connectivity index (χ1) is 10.3. The van der Waals surface area contributed by atoms with Crippen LogP contribution in [0.5, 0.6) is 0 Å². The first kappa shape index (κ1) is 18.9. The van der Waals surface area contributed by atoms with Crippen molar-refractivity contribution in [2.45, 2.75) is 83.3 Å². The van der Waals surface area contributed by atoms with Crippen LogP contribution in [0.15, 0.2) is 0 Å². The van der Waals surface area contributed by atoms with Crippen molar-refractivity contribution in [3.63, 3.8) is 0 Å². The first-order valence-corrected chi connectivity index (χ1v) is 8.46. The van der Waals surface area contributed by atoms with E-state index in [0.29, 0.717) is 5.92 Å². The lowest BCUT2D eigenvalue weighted by atomic mass is 9.72. The van der Waals surface area contributed by atoms with Gasteiger partial charge in [0.15, 0.2) is 0 Å². The molecular weight excluding hydrogens is 278 g/mol. The largest absolute Gasteiger partial charge is 0.359 e. The van der Waals surface area contributed by atoms with Gasteiger partial charge in [0.25, 0.3) is 0 Å². The summed E-state index contributed by atoms with van der Waals surface area (Å²) in [6.45, 7) is 9.70. The molecule has 1 fully saturated rings. The van der Waals surface area contributed by atoms with Crippen LogP contribution in [0.25, 0.3) is 0 Å². The molecule has 0 spiro atoms. The second-order valence-electron chi connectivity index (χ2n) is 7.87. The van der Waals surface area contributed by atoms with Gasteiger partial charge in [-0.2, -0.15) is 0 Å². The molecule has 5 heteroatoms. The molecule has 1 aliphatic heterocycles. The topological polar surface area (TPSA) is 70.2 Å². The lowest BCUT2D eigenvalue weighted by Gasteiger charge is -2.48. The second-order valence-corrected chi connectivity index (χ2v) is 7.87. The van der Waals surface area contributed by atoms with Crippen molar-refractivity contribution < 1.29 is 9.59 Å². The van der Waals surface area contributed by atoms with E-state index in [4.69, 9.17) is 0 Å². The summed E-state index contributed by atoms with van der Waals surface area (Å²) in [6, 6.07) is 0.247. The maximum Gasteiger partial charge on any atom is 0.207 e. The summed E-state index contributed by atoms with van der Waals surface area (Å²) in [7, 11) is 0. The van der Waals surface area contributed by atoms with Gasteiger partial charge in [0.05, 0.1) is 0 Å². The highest BCUT2D eigenvalue weighted by Gasteiger charge is 2.40. The normalized spacial score (nSPS) is 21.8. The van der Waals surface area contributed by atoms with Gasteiger partial charge in [0.2, 0.25) is 12.8 Å². The minimum absolute atomic E-state index is 0.100. The zero-order chi connectivity index (χ0) is 16.6. The van der Waals surface area contributed by atoms with Crippen LogP contribution in [-0.4, -0.2) is 36.5 Å². The Kier molecular flexibility index (Phi) is 7.33. The fourth-order valence-corrected chi connectivity index (χ4v) is 4.06. The van der Waals surface area contributed by atoms with Gasteiger partial charge >= 0.3 is 0 Å². The highest BCUT2D eigenvalue weighted by atomic mass is 16.1. The van der Waals surface area contributed by atoms with E-state index in [0.717, 1.165) is 57.9 Å². The van der Waals surface area contributed by atoms with Crippen LogP contribution in [0, 0.1) is 5.92 Å². The summed E-state index contributed by atoms with van der Waals surface area (Å²) < 4.78 is 0. The molecule has 5 nitrogen and oxygen atoms in total. The van der Waals surface area contributed by atoms with Crippen LogP contribution in [0.1, 0.15) is 66.2 Å². The standard InChI is InChI=1S/C17H33N3O2/c1-16(2)10-14(11-17(3,4)20-16)15(19-13-22)8-6-5-7-9-18-12-21/h12-15,20H,5-11H2,1-4H3,(H,18,21)(H,19,22). The van der Waals surface area contributed by atoms with E-state index in [1.54, 1.807) is 0 Å². The zero-order valence-corrected chi connectivity index (χ0v) is 14.6. The van der Waals surface area contributed by atoms with Crippen LogP contribution < -0.4 is 16.0 Å². The van der Waals surface area contributed by atoms with E-state index in [1.165, 1.54) is 0 Å². The summed E-state index contributed by atoms with van der Waals surface area (Å²) in [5.74, 6) is 0.504. The molecule has 1 aliphatic rings. The van der Waals surface area contributed by atoms with Crippen LogP contribution in [0.4, 0.5) is 0 Å². The van der Waals surface area contributed by atoms with Crippen LogP contribution in [-0.2, 0) is 9.59 Å². The van der Waals surface area contributed by atoms with Crippen molar-refractivity contribution in [1.29, 1.82) is 0 Å². The van der Waals surface area contributed by atoms with Crippen molar-refractivity contribution in [2.75, 3.05) is 6.54 Å². The first-order valence-electron chi connectivity index (χ1n) is 8.46. The maximum absolute atomic E-state index is 11.0. The van der Waals surface area contributed by atoms with Crippen molar-refractivity contribution in [3.8, 4) is 0 Å². The van der Waals surface area contributed by atoms with Crippen LogP contribution >= 0.6 is 0 Å². The molecular formula is C17H33N3O2. The molecule has 1 rings (SSSR count). The Morgan fingerprint density at radius 1 is 1.05 bits per heavy atom. The van der Waals surface area contributed by atoms with Gasteiger partial charge in [-0.1, -0.05) is 12.8 Å². The number of piperidine rings is 1. The third-order valence-electron chi connectivity index (χ3n) is 4.49. The number of nitrogens with one attached hydrogen (secondary N) is 3. The lowest BCUT2D eigenvalue weighted by molar-refractivity contribution is -0.111. The highest BCUT2D eigenvalue weighted by molar-refractivity contribution is 5.46. The summed E-state index contributed by atoms with van der Waals surface area (Å²) >= 11 is 0. The number of hydrogen-bond acceptors (Lipinski definition) is 3. The smallest absolute Gasteiger partial charge is 0.207 e. The molecule has 22 heavy (non-hydrogen) atoms. The van der Waals surface area contributed by atoms with E-state index >= 15 is 0 Å². The monoisotopic (exact) mass is 311 g/mol. The molecule has 0 aromatic carbocycles. The van der Waals surface area contributed by atoms with Gasteiger partial charge < -0.3 is 16.0 Å². The van der Waals surface area contributed by atoms with E-state index in [9.17, 15) is 9.59 Å². The predicted molar refractivity (Wildman–Crippen MR) is 89.5 cm³/mol. The van der Waals surface area contributed by atoms with Crippen molar-refractivity contribution >= 4 is 12.8 Å². The van der Waals surface area contributed by atoms with E-state index in [2.05, 4.69) is 43.6 Å². The summed E-state index contributed by atoms with van der Waals surface area (Å²) in [5, 5.41) is 9.43. The molecule has 2 amide bonds. The SMILES string of the molecule is CC1(C)CC(C(CCCCCNC=O)NC=O)CC(C)(C)N1. The number of carbonyl (C=O) groups excluding carboxylic acids is 2. The van der Waals surface area contributed by atoms with Gasteiger partial charge in [-0.3, -0.25) is 9.59 Å². The Bertz CT molecular complexity index is 340. The second kappa shape index (κ2) is 8.51. The third-order valence-corrected chi connectivity index (χ3v) is 4.49. The molecule has 1 saturated heterocycles. The van der Waals surface area contributed by atoms with Gasteiger partial charge in [0.1, 0.15) is 0 Å². The number of carbonyl (C=O) groups is 2. The van der Waals surface area contributed by atoms with E-state index < -0.39 is 0 Å². The third kappa shape index (κ3) is 6.77. The molecule has 3 N–H and O–H groups in total.